The monoisotopic (exact) mass is 482 g/mol. The van der Waals surface area contributed by atoms with Crippen LogP contribution >= 0.6 is 0 Å². The SMILES string of the molecule is CCOc1cc(C(=O)OCC(=O)Nc2cc(C(F)(F)F)ccc2N2CCOCC2)ccc1OC. The van der Waals surface area contributed by atoms with Gasteiger partial charge in [-0.2, -0.15) is 13.2 Å². The number of halogens is 3. The molecule has 0 aliphatic carbocycles. The van der Waals surface area contributed by atoms with Crippen LogP contribution in [-0.2, 0) is 20.4 Å². The van der Waals surface area contributed by atoms with Crippen molar-refractivity contribution in [3.05, 3.63) is 47.5 Å². The van der Waals surface area contributed by atoms with Crippen molar-refractivity contribution >= 4 is 23.3 Å². The molecular weight excluding hydrogens is 457 g/mol. The molecular formula is C23H25F3N2O6. The Morgan fingerprint density at radius 1 is 1.09 bits per heavy atom. The van der Waals surface area contributed by atoms with Crippen LogP contribution in [0.1, 0.15) is 22.8 Å². The summed E-state index contributed by atoms with van der Waals surface area (Å²) in [7, 11) is 1.46. The summed E-state index contributed by atoms with van der Waals surface area (Å²) in [5.74, 6) is -0.809. The molecule has 34 heavy (non-hydrogen) atoms. The molecule has 1 aliphatic heterocycles. The van der Waals surface area contributed by atoms with Crippen molar-refractivity contribution in [3.8, 4) is 11.5 Å². The highest BCUT2D eigenvalue weighted by atomic mass is 19.4. The number of carbonyl (C=O) groups is 2. The van der Waals surface area contributed by atoms with Gasteiger partial charge in [-0.1, -0.05) is 0 Å². The molecule has 1 saturated heterocycles. The van der Waals surface area contributed by atoms with Crippen LogP contribution in [0.15, 0.2) is 36.4 Å². The van der Waals surface area contributed by atoms with E-state index in [0.717, 1.165) is 12.1 Å². The van der Waals surface area contributed by atoms with E-state index in [1.807, 2.05) is 4.90 Å². The number of anilines is 2. The minimum absolute atomic E-state index is 0.0270. The largest absolute Gasteiger partial charge is 0.493 e. The lowest BCUT2D eigenvalue weighted by Gasteiger charge is -2.31. The van der Waals surface area contributed by atoms with Crippen LogP contribution in [0.2, 0.25) is 0 Å². The van der Waals surface area contributed by atoms with E-state index in [0.29, 0.717) is 50.1 Å². The average Bonchev–Trinajstić information content (AvgIpc) is 2.82. The van der Waals surface area contributed by atoms with Gasteiger partial charge < -0.3 is 29.2 Å². The summed E-state index contributed by atoms with van der Waals surface area (Å²) < 4.78 is 60.6. The third-order valence-electron chi connectivity index (χ3n) is 4.98. The molecule has 1 N–H and O–H groups in total. The fourth-order valence-electron chi connectivity index (χ4n) is 3.37. The lowest BCUT2D eigenvalue weighted by atomic mass is 10.1. The first-order valence-corrected chi connectivity index (χ1v) is 10.5. The van der Waals surface area contributed by atoms with Crippen molar-refractivity contribution in [1.82, 2.24) is 0 Å². The van der Waals surface area contributed by atoms with Crippen LogP contribution in [0.5, 0.6) is 11.5 Å². The third-order valence-corrected chi connectivity index (χ3v) is 4.98. The number of methoxy groups -OCH3 is 1. The quantitative estimate of drug-likeness (QED) is 0.574. The third kappa shape index (κ3) is 6.31. The molecule has 184 valence electrons. The highest BCUT2D eigenvalue weighted by Gasteiger charge is 2.32. The molecule has 0 radical (unpaired) electrons. The first kappa shape index (κ1) is 25.2. The average molecular weight is 482 g/mol. The van der Waals surface area contributed by atoms with Gasteiger partial charge in [0.15, 0.2) is 18.1 Å². The Balaban J connectivity index is 1.71. The Morgan fingerprint density at radius 3 is 2.47 bits per heavy atom. The van der Waals surface area contributed by atoms with Gasteiger partial charge >= 0.3 is 12.1 Å². The fraction of sp³-hybridized carbons (Fsp3) is 0.391. The summed E-state index contributed by atoms with van der Waals surface area (Å²) in [6.45, 7) is 3.18. The number of nitrogens with one attached hydrogen (secondary N) is 1. The van der Waals surface area contributed by atoms with Gasteiger partial charge in [-0.15, -0.1) is 0 Å². The summed E-state index contributed by atoms with van der Waals surface area (Å²) in [6, 6.07) is 7.53. The molecule has 3 rings (SSSR count). The normalized spacial score (nSPS) is 13.9. The first-order valence-electron chi connectivity index (χ1n) is 10.5. The number of morpholine rings is 1. The number of carbonyl (C=O) groups excluding carboxylic acids is 2. The van der Waals surface area contributed by atoms with Gasteiger partial charge in [-0.05, 0) is 43.3 Å². The number of benzene rings is 2. The van der Waals surface area contributed by atoms with Gasteiger partial charge in [0.1, 0.15) is 0 Å². The second-order valence-electron chi connectivity index (χ2n) is 7.25. The fourth-order valence-corrected chi connectivity index (χ4v) is 3.37. The number of hydrogen-bond donors (Lipinski definition) is 1. The van der Waals surface area contributed by atoms with Crippen molar-refractivity contribution in [1.29, 1.82) is 0 Å². The second kappa shape index (κ2) is 11.1. The maximum atomic E-state index is 13.2. The van der Waals surface area contributed by atoms with E-state index in [4.69, 9.17) is 18.9 Å². The molecule has 1 fully saturated rings. The molecule has 0 aromatic heterocycles. The highest BCUT2D eigenvalue weighted by Crippen LogP contribution is 2.36. The van der Waals surface area contributed by atoms with Crippen LogP contribution in [-0.4, -0.2) is 58.5 Å². The van der Waals surface area contributed by atoms with Gasteiger partial charge in [0, 0.05) is 13.1 Å². The molecule has 1 heterocycles. The second-order valence-corrected chi connectivity index (χ2v) is 7.25. The van der Waals surface area contributed by atoms with Crippen molar-refractivity contribution in [2.75, 3.05) is 56.8 Å². The zero-order chi connectivity index (χ0) is 24.7. The summed E-state index contributed by atoms with van der Waals surface area (Å²) in [5, 5.41) is 2.43. The first-order chi connectivity index (χ1) is 16.2. The number of rotatable bonds is 8. The highest BCUT2D eigenvalue weighted by molar-refractivity contribution is 5.98. The predicted molar refractivity (Wildman–Crippen MR) is 118 cm³/mol. The van der Waals surface area contributed by atoms with E-state index in [1.165, 1.54) is 31.4 Å². The van der Waals surface area contributed by atoms with Crippen LogP contribution in [0.4, 0.5) is 24.5 Å². The summed E-state index contributed by atoms with van der Waals surface area (Å²) in [6.07, 6.45) is -4.58. The van der Waals surface area contributed by atoms with E-state index in [9.17, 15) is 22.8 Å². The van der Waals surface area contributed by atoms with E-state index in [-0.39, 0.29) is 11.3 Å². The predicted octanol–water partition coefficient (Wildman–Crippen LogP) is 3.74. The molecule has 1 aliphatic rings. The summed E-state index contributed by atoms with van der Waals surface area (Å²) in [4.78, 5) is 26.7. The Bertz CT molecular complexity index is 1020. The lowest BCUT2D eigenvalue weighted by Crippen LogP contribution is -2.37. The Labute approximate surface area is 194 Å². The van der Waals surface area contributed by atoms with Crippen LogP contribution in [0, 0.1) is 0 Å². The van der Waals surface area contributed by atoms with Gasteiger partial charge in [0.05, 0.1) is 49.4 Å². The molecule has 0 atom stereocenters. The van der Waals surface area contributed by atoms with E-state index in [2.05, 4.69) is 5.32 Å². The van der Waals surface area contributed by atoms with Gasteiger partial charge in [-0.3, -0.25) is 4.79 Å². The molecule has 11 heteroatoms. The number of nitrogens with zero attached hydrogens (tertiary/aromatic N) is 1. The van der Waals surface area contributed by atoms with Gasteiger partial charge in [-0.25, -0.2) is 4.79 Å². The molecule has 0 saturated carbocycles. The standard InChI is InChI=1S/C23H25F3N2O6/c1-3-33-20-12-15(4-7-19(20)31-2)22(30)34-14-21(29)27-17-13-16(23(24,25)26)5-6-18(17)28-8-10-32-11-9-28/h4-7,12-13H,3,8-11,14H2,1-2H3,(H,27,29). The molecule has 1 amide bonds. The molecule has 2 aromatic carbocycles. The van der Waals surface area contributed by atoms with E-state index >= 15 is 0 Å². The topological polar surface area (TPSA) is 86.3 Å². The molecule has 2 aromatic rings. The zero-order valence-electron chi connectivity index (χ0n) is 18.7. The molecule has 8 nitrogen and oxygen atoms in total. The number of alkyl halides is 3. The van der Waals surface area contributed by atoms with Crippen molar-refractivity contribution in [2.45, 2.75) is 13.1 Å². The summed E-state index contributed by atoms with van der Waals surface area (Å²) in [5.41, 5.74) is -0.378. The van der Waals surface area contributed by atoms with Crippen molar-refractivity contribution in [3.63, 3.8) is 0 Å². The maximum Gasteiger partial charge on any atom is 0.416 e. The zero-order valence-corrected chi connectivity index (χ0v) is 18.7. The van der Waals surface area contributed by atoms with Gasteiger partial charge in [0.25, 0.3) is 5.91 Å². The Hall–Kier alpha value is -3.47. The van der Waals surface area contributed by atoms with Crippen LogP contribution in [0.3, 0.4) is 0 Å². The molecule has 0 unspecified atom stereocenters. The van der Waals surface area contributed by atoms with E-state index < -0.39 is 30.2 Å². The molecule has 0 spiro atoms. The maximum absolute atomic E-state index is 13.2. The van der Waals surface area contributed by atoms with Gasteiger partial charge in [0.2, 0.25) is 0 Å². The number of esters is 1. The van der Waals surface area contributed by atoms with E-state index in [1.54, 1.807) is 6.92 Å². The van der Waals surface area contributed by atoms with Crippen LogP contribution < -0.4 is 19.7 Å². The van der Waals surface area contributed by atoms with Crippen LogP contribution in [0.25, 0.3) is 0 Å². The Morgan fingerprint density at radius 2 is 1.82 bits per heavy atom. The number of ether oxygens (including phenoxy) is 4. The number of hydrogen-bond acceptors (Lipinski definition) is 7. The minimum Gasteiger partial charge on any atom is -0.493 e. The summed E-state index contributed by atoms with van der Waals surface area (Å²) >= 11 is 0. The number of amides is 1. The Kier molecular flexibility index (Phi) is 8.21. The molecule has 0 bridgehead atoms. The smallest absolute Gasteiger partial charge is 0.416 e. The van der Waals surface area contributed by atoms with Crippen molar-refractivity contribution in [2.24, 2.45) is 0 Å². The van der Waals surface area contributed by atoms with Crippen molar-refractivity contribution < 1.29 is 41.7 Å². The lowest BCUT2D eigenvalue weighted by molar-refractivity contribution is -0.137. The minimum atomic E-state index is -4.58.